The van der Waals surface area contributed by atoms with Crippen LogP contribution in [-0.2, 0) is 11.2 Å². The fraction of sp³-hybridized carbons (Fsp3) is 0.700. The summed E-state index contributed by atoms with van der Waals surface area (Å²) in [4.78, 5) is 0. The Morgan fingerprint density at radius 3 is 2.78 bits per heavy atom. The molecular weight excluding hydrogens is 288 g/mol. The number of aryl methyl sites for hydroxylation is 1. The number of aliphatic hydroxyl groups is 1. The molecule has 4 aliphatic rings. The molecule has 0 bridgehead atoms. The number of fused-ring (bicyclic) bond motifs is 5. The number of benzene rings is 1. The molecule has 0 aromatic heterocycles. The van der Waals surface area contributed by atoms with Crippen LogP contribution in [0, 0.1) is 17.3 Å². The molecule has 6 unspecified atom stereocenters. The zero-order chi connectivity index (χ0) is 15.8. The molecule has 1 saturated heterocycles. The molecule has 3 heteroatoms. The second-order valence-electron chi connectivity index (χ2n) is 8.54. The van der Waals surface area contributed by atoms with Crippen molar-refractivity contribution in [3.8, 4) is 5.75 Å². The van der Waals surface area contributed by atoms with Crippen LogP contribution in [0.15, 0.2) is 18.2 Å². The molecule has 0 spiro atoms. The quantitative estimate of drug-likeness (QED) is 0.781. The van der Waals surface area contributed by atoms with Crippen molar-refractivity contribution in [3.63, 3.8) is 0 Å². The summed E-state index contributed by atoms with van der Waals surface area (Å²) in [5.41, 5.74) is 2.22. The maximum absolute atomic E-state index is 11.3. The van der Waals surface area contributed by atoms with Gasteiger partial charge in [-0.3, -0.25) is 0 Å². The van der Waals surface area contributed by atoms with Gasteiger partial charge in [0.15, 0.2) is 0 Å². The molecular formula is C20H26O3. The summed E-state index contributed by atoms with van der Waals surface area (Å²) in [5.74, 6) is 2.29. The molecule has 124 valence electrons. The monoisotopic (exact) mass is 314 g/mol. The molecule has 3 aliphatic carbocycles. The summed E-state index contributed by atoms with van der Waals surface area (Å²) in [7, 11) is 0. The molecule has 2 saturated carbocycles. The van der Waals surface area contributed by atoms with Crippen LogP contribution in [0.2, 0.25) is 0 Å². The maximum atomic E-state index is 11.3. The van der Waals surface area contributed by atoms with Crippen LogP contribution in [0.3, 0.4) is 0 Å². The fourth-order valence-corrected chi connectivity index (χ4v) is 6.47. The topological polar surface area (TPSA) is 53.0 Å². The second kappa shape index (κ2) is 4.52. The standard InChI is InChI=1S/C20H26O3/c1-19-8-6-15-14-5-3-13(21)10-12(14)2-4-16(15)17(19)7-9-20(19,22)18-11-23-18/h3,5,10,15-18,21-22H,2,4,6-9,11H2,1H3. The molecule has 6 atom stereocenters. The smallest absolute Gasteiger partial charge is 0.115 e. The van der Waals surface area contributed by atoms with Crippen molar-refractivity contribution >= 4 is 0 Å². The number of phenolic OH excluding ortho intramolecular Hbond substituents is 1. The van der Waals surface area contributed by atoms with Gasteiger partial charge >= 0.3 is 0 Å². The van der Waals surface area contributed by atoms with E-state index >= 15 is 0 Å². The molecule has 3 nitrogen and oxygen atoms in total. The number of phenols is 1. The van der Waals surface area contributed by atoms with E-state index in [0.29, 0.717) is 23.5 Å². The first kappa shape index (κ1) is 14.3. The highest BCUT2D eigenvalue weighted by Gasteiger charge is 2.66. The molecule has 3 fully saturated rings. The van der Waals surface area contributed by atoms with Gasteiger partial charge in [0.1, 0.15) is 11.9 Å². The van der Waals surface area contributed by atoms with Gasteiger partial charge in [-0.2, -0.15) is 0 Å². The number of rotatable bonds is 1. The van der Waals surface area contributed by atoms with Gasteiger partial charge in [-0.25, -0.2) is 0 Å². The SMILES string of the molecule is CC12CCC3c4ccc(O)cc4CCC3C1CCC2(O)C1CO1. The van der Waals surface area contributed by atoms with E-state index in [0.717, 1.165) is 38.7 Å². The predicted molar refractivity (Wildman–Crippen MR) is 87.4 cm³/mol. The molecule has 1 aromatic rings. The van der Waals surface area contributed by atoms with Crippen LogP contribution in [0.1, 0.15) is 56.1 Å². The van der Waals surface area contributed by atoms with Crippen LogP contribution < -0.4 is 0 Å². The first-order valence-electron chi connectivity index (χ1n) is 9.19. The zero-order valence-corrected chi connectivity index (χ0v) is 13.8. The van der Waals surface area contributed by atoms with Crippen LogP contribution in [0.25, 0.3) is 0 Å². The maximum Gasteiger partial charge on any atom is 0.115 e. The molecule has 0 amide bonds. The molecule has 23 heavy (non-hydrogen) atoms. The van der Waals surface area contributed by atoms with Crippen molar-refractivity contribution < 1.29 is 14.9 Å². The minimum Gasteiger partial charge on any atom is -0.508 e. The van der Waals surface area contributed by atoms with Crippen molar-refractivity contribution in [3.05, 3.63) is 29.3 Å². The lowest BCUT2D eigenvalue weighted by Gasteiger charge is -2.53. The van der Waals surface area contributed by atoms with E-state index in [1.54, 1.807) is 0 Å². The van der Waals surface area contributed by atoms with Crippen molar-refractivity contribution in [2.75, 3.05) is 6.61 Å². The van der Waals surface area contributed by atoms with Gasteiger partial charge in [-0.15, -0.1) is 0 Å². The van der Waals surface area contributed by atoms with E-state index in [2.05, 4.69) is 13.0 Å². The summed E-state index contributed by atoms with van der Waals surface area (Å²) >= 11 is 0. The summed E-state index contributed by atoms with van der Waals surface area (Å²) in [6.45, 7) is 3.07. The highest BCUT2D eigenvalue weighted by atomic mass is 16.6. The van der Waals surface area contributed by atoms with E-state index < -0.39 is 5.60 Å². The van der Waals surface area contributed by atoms with E-state index in [1.165, 1.54) is 17.5 Å². The van der Waals surface area contributed by atoms with E-state index in [4.69, 9.17) is 4.74 Å². The average molecular weight is 314 g/mol. The van der Waals surface area contributed by atoms with Crippen LogP contribution in [-0.4, -0.2) is 28.5 Å². The number of ether oxygens (including phenoxy) is 1. The lowest BCUT2D eigenvalue weighted by molar-refractivity contribution is -0.116. The van der Waals surface area contributed by atoms with Gasteiger partial charge in [0.05, 0.1) is 12.2 Å². The zero-order valence-electron chi connectivity index (χ0n) is 13.8. The molecule has 1 heterocycles. The van der Waals surface area contributed by atoms with Gasteiger partial charge < -0.3 is 14.9 Å². The van der Waals surface area contributed by atoms with Crippen molar-refractivity contribution in [1.29, 1.82) is 0 Å². The highest BCUT2D eigenvalue weighted by Crippen LogP contribution is 2.66. The largest absolute Gasteiger partial charge is 0.508 e. The third-order valence-corrected chi connectivity index (χ3v) is 7.79. The fourth-order valence-electron chi connectivity index (χ4n) is 6.47. The van der Waals surface area contributed by atoms with E-state index in [9.17, 15) is 10.2 Å². The highest BCUT2D eigenvalue weighted by molar-refractivity contribution is 5.40. The van der Waals surface area contributed by atoms with Crippen molar-refractivity contribution in [1.82, 2.24) is 0 Å². The minimum atomic E-state index is -0.599. The van der Waals surface area contributed by atoms with Crippen LogP contribution in [0.5, 0.6) is 5.75 Å². The predicted octanol–water partition coefficient (Wildman–Crippen LogP) is 3.38. The Bertz CT molecular complexity index is 652. The van der Waals surface area contributed by atoms with Crippen LogP contribution >= 0.6 is 0 Å². The Hall–Kier alpha value is -1.06. The summed E-state index contributed by atoms with van der Waals surface area (Å²) in [5, 5.41) is 21.1. The second-order valence-corrected chi connectivity index (χ2v) is 8.54. The summed E-state index contributed by atoms with van der Waals surface area (Å²) in [6, 6.07) is 5.95. The molecule has 5 rings (SSSR count). The van der Waals surface area contributed by atoms with Gasteiger partial charge in [0, 0.05) is 5.41 Å². The number of epoxide rings is 1. The van der Waals surface area contributed by atoms with Gasteiger partial charge in [-0.1, -0.05) is 13.0 Å². The average Bonchev–Trinajstić information content (AvgIpc) is 3.34. The summed E-state index contributed by atoms with van der Waals surface area (Å²) in [6.07, 6.45) is 6.65. The Morgan fingerprint density at radius 2 is 2.00 bits per heavy atom. The lowest BCUT2D eigenvalue weighted by atomic mass is 9.53. The summed E-state index contributed by atoms with van der Waals surface area (Å²) < 4.78 is 5.54. The number of aromatic hydroxyl groups is 1. The van der Waals surface area contributed by atoms with Crippen molar-refractivity contribution in [2.45, 2.75) is 63.1 Å². The van der Waals surface area contributed by atoms with E-state index in [-0.39, 0.29) is 11.5 Å². The Kier molecular flexibility index (Phi) is 2.81. The Labute approximate surface area is 137 Å². The molecule has 1 aromatic carbocycles. The third-order valence-electron chi connectivity index (χ3n) is 7.79. The van der Waals surface area contributed by atoms with Crippen molar-refractivity contribution in [2.24, 2.45) is 17.3 Å². The normalized spacial score (nSPS) is 47.6. The number of hydrogen-bond donors (Lipinski definition) is 2. The number of hydrogen-bond acceptors (Lipinski definition) is 3. The van der Waals surface area contributed by atoms with Gasteiger partial charge in [-0.05, 0) is 79.5 Å². The Balaban J connectivity index is 1.51. The molecule has 2 N–H and O–H groups in total. The molecule has 0 radical (unpaired) electrons. The minimum absolute atomic E-state index is 0.0176. The van der Waals surface area contributed by atoms with Gasteiger partial charge in [0.2, 0.25) is 0 Å². The third kappa shape index (κ3) is 1.78. The lowest BCUT2D eigenvalue weighted by Crippen LogP contribution is -2.53. The van der Waals surface area contributed by atoms with Crippen LogP contribution in [0.4, 0.5) is 0 Å². The Morgan fingerprint density at radius 1 is 1.17 bits per heavy atom. The first-order valence-corrected chi connectivity index (χ1v) is 9.19. The van der Waals surface area contributed by atoms with E-state index in [1.807, 2.05) is 12.1 Å². The first-order chi connectivity index (χ1) is 11.0. The molecule has 1 aliphatic heterocycles. The van der Waals surface area contributed by atoms with Gasteiger partial charge in [0.25, 0.3) is 0 Å².